The lowest BCUT2D eigenvalue weighted by Gasteiger charge is -2.35. The number of hydrogen-bond donors (Lipinski definition) is 1. The maximum atomic E-state index is 11.5. The molecule has 1 N–H and O–H groups in total. The number of ether oxygens (including phenoxy) is 3. The second kappa shape index (κ2) is 11.4. The van der Waals surface area contributed by atoms with Gasteiger partial charge in [-0.15, -0.1) is 0 Å². The van der Waals surface area contributed by atoms with E-state index < -0.39 is 5.76 Å². The van der Waals surface area contributed by atoms with Gasteiger partial charge in [-0.1, -0.05) is 41.0 Å². The number of aromatic amines is 1. The molecule has 0 amide bonds. The molecule has 0 saturated carbocycles. The van der Waals surface area contributed by atoms with Gasteiger partial charge in [-0.3, -0.25) is 19.4 Å². The Morgan fingerprint density at radius 3 is 2.66 bits per heavy atom. The van der Waals surface area contributed by atoms with Crippen molar-refractivity contribution < 1.29 is 18.7 Å². The number of hydrogen-bond acceptors (Lipinski definition) is 9. The molecule has 0 aliphatic carbocycles. The summed E-state index contributed by atoms with van der Waals surface area (Å²) >= 11 is 6.07. The van der Waals surface area contributed by atoms with E-state index in [0.717, 1.165) is 86.0 Å². The van der Waals surface area contributed by atoms with Crippen LogP contribution in [0.2, 0.25) is 5.02 Å². The summed E-state index contributed by atoms with van der Waals surface area (Å²) in [7, 11) is 0. The van der Waals surface area contributed by atoms with E-state index >= 15 is 0 Å². The van der Waals surface area contributed by atoms with E-state index in [1.807, 2.05) is 36.4 Å². The van der Waals surface area contributed by atoms with Crippen molar-refractivity contribution in [2.75, 3.05) is 26.3 Å². The van der Waals surface area contributed by atoms with E-state index in [1.54, 1.807) is 6.20 Å². The molecule has 12 heteroatoms. The third kappa shape index (κ3) is 5.25. The molecule has 2 unspecified atom stereocenters. The summed E-state index contributed by atoms with van der Waals surface area (Å²) < 4.78 is 25.4. The van der Waals surface area contributed by atoms with E-state index in [-0.39, 0.29) is 18.0 Å². The standard InChI is InChI=1S/C32H31ClN6O5/c33-21-6-4-20(5-7-21)28-18-42-30-23(2-1-3-27(30)43-28)19-8-11-38(12-9-19)17-29-35-24-14-25(31-36-32(40)44-37-31)34-15-26(24)39(29)16-22-10-13-41-22/h1-7,14-15,19,22,28H,8-13,16-18H2,(H,36,37,40). The molecule has 226 valence electrons. The van der Waals surface area contributed by atoms with E-state index in [4.69, 9.17) is 30.8 Å². The van der Waals surface area contributed by atoms with Gasteiger partial charge in [-0.05, 0) is 68.1 Å². The van der Waals surface area contributed by atoms with Crippen LogP contribution < -0.4 is 15.2 Å². The van der Waals surface area contributed by atoms with Crippen LogP contribution in [0.5, 0.6) is 11.5 Å². The van der Waals surface area contributed by atoms with E-state index in [0.29, 0.717) is 23.2 Å². The Labute approximate surface area is 257 Å². The highest BCUT2D eigenvalue weighted by Gasteiger charge is 2.30. The van der Waals surface area contributed by atoms with Gasteiger partial charge in [0.1, 0.15) is 18.1 Å². The summed E-state index contributed by atoms with van der Waals surface area (Å²) in [5, 5.41) is 4.48. The van der Waals surface area contributed by atoms with Crippen molar-refractivity contribution in [2.24, 2.45) is 0 Å². The van der Waals surface area contributed by atoms with Gasteiger partial charge in [-0.2, -0.15) is 0 Å². The number of halogens is 1. The molecule has 0 radical (unpaired) electrons. The Hall–Kier alpha value is -4.19. The van der Waals surface area contributed by atoms with Crippen LogP contribution in [0.4, 0.5) is 0 Å². The quantitative estimate of drug-likeness (QED) is 0.267. The second-order valence-electron chi connectivity index (χ2n) is 11.6. The molecule has 6 heterocycles. The zero-order valence-corrected chi connectivity index (χ0v) is 24.7. The second-order valence-corrected chi connectivity index (χ2v) is 12.1. The Morgan fingerprint density at radius 1 is 1.07 bits per heavy atom. The van der Waals surface area contributed by atoms with Gasteiger partial charge in [0.25, 0.3) is 0 Å². The average molecular weight is 615 g/mol. The van der Waals surface area contributed by atoms with Gasteiger partial charge in [-0.25, -0.2) is 9.78 Å². The van der Waals surface area contributed by atoms with E-state index in [1.165, 1.54) is 5.56 Å². The van der Waals surface area contributed by atoms with Gasteiger partial charge in [0.15, 0.2) is 17.6 Å². The maximum Gasteiger partial charge on any atom is 0.439 e. The number of para-hydroxylation sites is 1. The number of nitrogens with one attached hydrogen (secondary N) is 1. The van der Waals surface area contributed by atoms with Gasteiger partial charge in [0.05, 0.1) is 36.4 Å². The zero-order chi connectivity index (χ0) is 29.6. The number of pyridine rings is 1. The monoisotopic (exact) mass is 614 g/mol. The fraction of sp³-hybridized carbons (Fsp3) is 0.375. The van der Waals surface area contributed by atoms with Crippen LogP contribution >= 0.6 is 11.6 Å². The molecule has 2 fully saturated rings. The number of nitrogens with zero attached hydrogens (tertiary/aromatic N) is 5. The number of fused-ring (bicyclic) bond motifs is 2. The van der Waals surface area contributed by atoms with Crippen LogP contribution in [0.25, 0.3) is 22.6 Å². The number of H-pyrrole nitrogens is 1. The van der Waals surface area contributed by atoms with Gasteiger partial charge in [0, 0.05) is 17.2 Å². The predicted octanol–water partition coefficient (Wildman–Crippen LogP) is 5.11. The van der Waals surface area contributed by atoms with Crippen molar-refractivity contribution in [3.8, 4) is 23.0 Å². The molecule has 2 atom stereocenters. The van der Waals surface area contributed by atoms with Crippen LogP contribution in [0.3, 0.4) is 0 Å². The zero-order valence-electron chi connectivity index (χ0n) is 23.9. The highest BCUT2D eigenvalue weighted by atomic mass is 35.5. The fourth-order valence-electron chi connectivity index (χ4n) is 6.39. The van der Waals surface area contributed by atoms with Crippen LogP contribution in [-0.4, -0.2) is 62.0 Å². The van der Waals surface area contributed by atoms with Crippen molar-refractivity contribution in [1.82, 2.24) is 29.6 Å². The Morgan fingerprint density at radius 2 is 1.91 bits per heavy atom. The van der Waals surface area contributed by atoms with Crippen molar-refractivity contribution in [2.45, 2.75) is 50.5 Å². The smallest absolute Gasteiger partial charge is 0.439 e. The molecule has 5 aromatic rings. The predicted molar refractivity (Wildman–Crippen MR) is 162 cm³/mol. The van der Waals surface area contributed by atoms with Crippen LogP contribution in [0.1, 0.15) is 48.2 Å². The summed E-state index contributed by atoms with van der Waals surface area (Å²) in [6.45, 7) is 4.59. The lowest BCUT2D eigenvalue weighted by Crippen LogP contribution is -2.35. The first kappa shape index (κ1) is 27.4. The summed E-state index contributed by atoms with van der Waals surface area (Å²) in [4.78, 5) is 26.0. The van der Waals surface area contributed by atoms with Gasteiger partial charge in [0.2, 0.25) is 5.82 Å². The van der Waals surface area contributed by atoms with E-state index in [2.05, 4.69) is 41.2 Å². The fourth-order valence-corrected chi connectivity index (χ4v) is 6.52. The molecular weight excluding hydrogens is 584 g/mol. The van der Waals surface area contributed by atoms with Crippen molar-refractivity contribution in [3.63, 3.8) is 0 Å². The minimum Gasteiger partial charge on any atom is -0.485 e. The molecule has 3 aliphatic heterocycles. The van der Waals surface area contributed by atoms with Gasteiger partial charge >= 0.3 is 5.76 Å². The lowest BCUT2D eigenvalue weighted by molar-refractivity contribution is -0.0592. The van der Waals surface area contributed by atoms with Crippen LogP contribution in [-0.2, 0) is 17.8 Å². The molecule has 44 heavy (non-hydrogen) atoms. The minimum absolute atomic E-state index is 0.161. The first-order chi connectivity index (χ1) is 21.6. The van der Waals surface area contributed by atoms with Crippen LogP contribution in [0.15, 0.2) is 64.0 Å². The topological polar surface area (TPSA) is 121 Å². The summed E-state index contributed by atoms with van der Waals surface area (Å²) in [5.74, 6) is 2.70. The Balaban J connectivity index is 0.979. The molecule has 0 spiro atoms. The van der Waals surface area contributed by atoms with Gasteiger partial charge < -0.3 is 18.8 Å². The highest BCUT2D eigenvalue weighted by Crippen LogP contribution is 2.44. The van der Waals surface area contributed by atoms with Crippen LogP contribution in [0, 0.1) is 0 Å². The number of imidazole rings is 1. The molecule has 3 aromatic heterocycles. The summed E-state index contributed by atoms with van der Waals surface area (Å²) in [6, 6.07) is 15.8. The third-order valence-electron chi connectivity index (χ3n) is 8.87. The summed E-state index contributed by atoms with van der Waals surface area (Å²) in [5.41, 5.74) is 4.51. The number of likely N-dealkylation sites (tertiary alicyclic amines) is 1. The van der Waals surface area contributed by atoms with Crippen molar-refractivity contribution in [3.05, 3.63) is 87.3 Å². The Kier molecular flexibility index (Phi) is 7.08. The molecule has 0 bridgehead atoms. The number of benzene rings is 2. The minimum atomic E-state index is -0.615. The molecular formula is C32H31ClN6O5. The molecule has 11 nitrogen and oxygen atoms in total. The van der Waals surface area contributed by atoms with Crippen molar-refractivity contribution in [1.29, 1.82) is 0 Å². The highest BCUT2D eigenvalue weighted by molar-refractivity contribution is 6.30. The molecule has 2 aromatic carbocycles. The first-order valence-electron chi connectivity index (χ1n) is 15.0. The third-order valence-corrected chi connectivity index (χ3v) is 9.12. The SMILES string of the molecule is O=c1[nH]c(-c2cc3nc(CN4CCC(c5cccc6c5OCC(c5ccc(Cl)cc5)O6)CC4)n(CC4CCO4)c3cn2)no1. The summed E-state index contributed by atoms with van der Waals surface area (Å²) in [6.07, 6.45) is 4.86. The number of piperidine rings is 1. The first-order valence-corrected chi connectivity index (χ1v) is 15.4. The number of rotatable bonds is 7. The van der Waals surface area contributed by atoms with E-state index in [9.17, 15) is 4.79 Å². The Bertz CT molecular complexity index is 1860. The maximum absolute atomic E-state index is 11.5. The molecule has 8 rings (SSSR count). The number of aromatic nitrogens is 5. The largest absolute Gasteiger partial charge is 0.485 e. The molecule has 3 aliphatic rings. The van der Waals surface area contributed by atoms with Crippen molar-refractivity contribution >= 4 is 22.6 Å². The molecule has 2 saturated heterocycles. The average Bonchev–Trinajstić information content (AvgIpc) is 3.61. The lowest BCUT2D eigenvalue weighted by atomic mass is 9.88. The normalized spacial score (nSPS) is 20.6.